The molecule has 3 rings (SSSR count). The molecule has 0 amide bonds. The molecule has 1 aromatic heterocycles. The minimum absolute atomic E-state index is 0.0820. The highest BCUT2D eigenvalue weighted by Crippen LogP contribution is 2.30. The number of aromatic nitrogens is 2. The highest BCUT2D eigenvalue weighted by atomic mass is 16.2. The summed E-state index contributed by atoms with van der Waals surface area (Å²) in [5.41, 5.74) is 5.40. The Morgan fingerprint density at radius 2 is 2.00 bits per heavy atom. The first-order valence-corrected chi connectivity index (χ1v) is 7.18. The lowest BCUT2D eigenvalue weighted by molar-refractivity contribution is -0.136. The fourth-order valence-corrected chi connectivity index (χ4v) is 3.16. The number of ketones is 2. The van der Waals surface area contributed by atoms with Crippen LogP contribution in [0.3, 0.4) is 0 Å². The van der Waals surface area contributed by atoms with Crippen LogP contribution in [-0.4, -0.2) is 21.1 Å². The quantitative estimate of drug-likeness (QED) is 0.633. The molecule has 2 aromatic rings. The van der Waals surface area contributed by atoms with Gasteiger partial charge >= 0.3 is 0 Å². The number of fused-ring (bicyclic) bond motifs is 1. The molecule has 1 fully saturated rings. The number of carbonyl (C=O) groups is 2. The summed E-state index contributed by atoms with van der Waals surface area (Å²) in [7, 11) is 0. The Labute approximate surface area is 127 Å². The van der Waals surface area contributed by atoms with Crippen LogP contribution in [-0.2, 0) is 15.1 Å². The summed E-state index contributed by atoms with van der Waals surface area (Å²) in [6.07, 6.45) is 0.465. The number of hydrogen-bond donors (Lipinski definition) is 1. The second-order valence-electron chi connectivity index (χ2n) is 5.95. The smallest absolute Gasteiger partial charge is 0.264 e. The molecule has 0 spiro atoms. The van der Waals surface area contributed by atoms with E-state index >= 15 is 0 Å². The first-order valence-electron chi connectivity index (χ1n) is 7.18. The van der Waals surface area contributed by atoms with Crippen molar-refractivity contribution in [2.45, 2.75) is 38.6 Å². The molecule has 114 valence electrons. The van der Waals surface area contributed by atoms with E-state index in [1.54, 1.807) is 32.0 Å². The second-order valence-corrected chi connectivity index (χ2v) is 5.95. The van der Waals surface area contributed by atoms with Crippen LogP contribution in [0.5, 0.6) is 0 Å². The van der Waals surface area contributed by atoms with Crippen molar-refractivity contribution in [1.82, 2.24) is 9.55 Å². The Bertz CT molecular complexity index is 869. The monoisotopic (exact) mass is 299 g/mol. The Morgan fingerprint density at radius 3 is 2.68 bits per heavy atom. The van der Waals surface area contributed by atoms with Crippen molar-refractivity contribution in [2.75, 3.05) is 5.73 Å². The van der Waals surface area contributed by atoms with Gasteiger partial charge in [0, 0.05) is 12.1 Å². The summed E-state index contributed by atoms with van der Waals surface area (Å²) < 4.78 is 1.40. The number of benzene rings is 1. The van der Waals surface area contributed by atoms with Crippen LogP contribution in [0, 0.1) is 6.92 Å². The fourth-order valence-electron chi connectivity index (χ4n) is 3.16. The molecular formula is C16H17N3O3. The molecule has 1 aromatic carbocycles. The molecular weight excluding hydrogens is 282 g/mol. The summed E-state index contributed by atoms with van der Waals surface area (Å²) in [4.78, 5) is 41.2. The molecule has 1 aliphatic rings. The lowest BCUT2D eigenvalue weighted by Crippen LogP contribution is -2.49. The van der Waals surface area contributed by atoms with Gasteiger partial charge in [0.1, 0.15) is 17.1 Å². The summed E-state index contributed by atoms with van der Waals surface area (Å²) in [6, 6.07) is 5.10. The van der Waals surface area contributed by atoms with Gasteiger partial charge in [0.25, 0.3) is 5.56 Å². The van der Waals surface area contributed by atoms with Crippen LogP contribution < -0.4 is 11.3 Å². The largest absolute Gasteiger partial charge is 0.398 e. The number of hydrogen-bond acceptors (Lipinski definition) is 5. The van der Waals surface area contributed by atoms with Crippen molar-refractivity contribution in [3.63, 3.8) is 0 Å². The number of Topliss-reactive ketones (excluding diaryl/α,β-unsaturated/α-hetero) is 2. The average molecular weight is 299 g/mol. The fraction of sp³-hybridized carbons (Fsp3) is 0.375. The zero-order valence-corrected chi connectivity index (χ0v) is 12.5. The second kappa shape index (κ2) is 4.76. The molecule has 0 aliphatic heterocycles. The van der Waals surface area contributed by atoms with Gasteiger partial charge in [0.2, 0.25) is 0 Å². The van der Waals surface area contributed by atoms with Crippen LogP contribution >= 0.6 is 0 Å². The van der Waals surface area contributed by atoms with Crippen molar-refractivity contribution in [3.8, 4) is 0 Å². The number of rotatable bonds is 1. The molecule has 6 nitrogen and oxygen atoms in total. The number of aryl methyl sites for hydroxylation is 1. The van der Waals surface area contributed by atoms with Gasteiger partial charge in [0.15, 0.2) is 5.78 Å². The molecule has 0 saturated heterocycles. The van der Waals surface area contributed by atoms with Crippen LogP contribution in [0.2, 0.25) is 0 Å². The van der Waals surface area contributed by atoms with E-state index in [4.69, 9.17) is 5.73 Å². The normalized spacial score (nSPS) is 22.3. The van der Waals surface area contributed by atoms with Gasteiger partial charge in [-0.1, -0.05) is 6.07 Å². The first kappa shape index (κ1) is 14.4. The van der Waals surface area contributed by atoms with Gasteiger partial charge in [-0.3, -0.25) is 19.0 Å². The van der Waals surface area contributed by atoms with E-state index < -0.39 is 5.54 Å². The molecule has 1 aliphatic carbocycles. The molecule has 0 radical (unpaired) electrons. The number of nitrogen functional groups attached to an aromatic ring is 1. The molecule has 0 unspecified atom stereocenters. The van der Waals surface area contributed by atoms with Crippen molar-refractivity contribution in [3.05, 3.63) is 34.4 Å². The van der Waals surface area contributed by atoms with Gasteiger partial charge in [0.05, 0.1) is 17.3 Å². The Morgan fingerprint density at radius 1 is 1.27 bits per heavy atom. The molecule has 1 atom stereocenters. The molecule has 2 N–H and O–H groups in total. The standard InChI is InChI=1S/C16H17N3O3/c1-9-18-12-5-3-4-11(17)14(12)15(22)19(9)16(2)7-6-10(20)8-13(16)21/h3-5H,6-8,17H2,1-2H3/t16-/m1/s1. The lowest BCUT2D eigenvalue weighted by Gasteiger charge is -2.34. The predicted octanol–water partition coefficient (Wildman–Crippen LogP) is 1.32. The zero-order chi connectivity index (χ0) is 16.1. The van der Waals surface area contributed by atoms with Crippen LogP contribution in [0.25, 0.3) is 10.9 Å². The highest BCUT2D eigenvalue weighted by molar-refractivity contribution is 6.05. The molecule has 22 heavy (non-hydrogen) atoms. The minimum Gasteiger partial charge on any atom is -0.398 e. The van der Waals surface area contributed by atoms with Crippen molar-refractivity contribution in [2.24, 2.45) is 0 Å². The van der Waals surface area contributed by atoms with Gasteiger partial charge in [-0.2, -0.15) is 0 Å². The van der Waals surface area contributed by atoms with Crippen LogP contribution in [0.15, 0.2) is 23.0 Å². The van der Waals surface area contributed by atoms with E-state index in [1.807, 2.05) is 0 Å². The molecule has 1 saturated carbocycles. The summed E-state index contributed by atoms with van der Waals surface area (Å²) in [5, 5.41) is 0.319. The topological polar surface area (TPSA) is 95.0 Å². The van der Waals surface area contributed by atoms with Gasteiger partial charge in [-0.25, -0.2) is 4.98 Å². The van der Waals surface area contributed by atoms with Gasteiger partial charge in [-0.05, 0) is 32.4 Å². The average Bonchev–Trinajstić information content (AvgIpc) is 2.43. The third-order valence-electron chi connectivity index (χ3n) is 4.44. The summed E-state index contributed by atoms with van der Waals surface area (Å²) in [6.45, 7) is 3.39. The van der Waals surface area contributed by atoms with Crippen LogP contribution in [0.1, 0.15) is 32.0 Å². The van der Waals surface area contributed by atoms with Crippen LogP contribution in [0.4, 0.5) is 5.69 Å². The number of nitrogens with zero attached hydrogens (tertiary/aromatic N) is 2. The maximum absolute atomic E-state index is 12.9. The predicted molar refractivity (Wildman–Crippen MR) is 82.7 cm³/mol. The maximum atomic E-state index is 12.9. The number of nitrogens with two attached hydrogens (primary N) is 1. The molecule has 6 heteroatoms. The summed E-state index contributed by atoms with van der Waals surface area (Å²) in [5.74, 6) is 0.124. The SMILES string of the molecule is Cc1nc2cccc(N)c2c(=O)n1[C@]1(C)CCC(=O)CC1=O. The van der Waals surface area contributed by atoms with Crippen molar-refractivity contribution < 1.29 is 9.59 Å². The van der Waals surface area contributed by atoms with E-state index in [0.29, 0.717) is 28.8 Å². The van der Waals surface area contributed by atoms with E-state index in [0.717, 1.165) is 0 Å². The number of anilines is 1. The molecule has 1 heterocycles. The third-order valence-corrected chi connectivity index (χ3v) is 4.44. The Hall–Kier alpha value is -2.50. The first-order chi connectivity index (χ1) is 10.3. The Kier molecular flexibility index (Phi) is 3.12. The Balaban J connectivity index is 2.32. The highest BCUT2D eigenvalue weighted by Gasteiger charge is 2.41. The third kappa shape index (κ3) is 1.94. The lowest BCUT2D eigenvalue weighted by atomic mass is 9.81. The van der Waals surface area contributed by atoms with E-state index in [-0.39, 0.29) is 30.0 Å². The van der Waals surface area contributed by atoms with Gasteiger partial charge < -0.3 is 5.73 Å². The summed E-state index contributed by atoms with van der Waals surface area (Å²) >= 11 is 0. The van der Waals surface area contributed by atoms with Crippen molar-refractivity contribution >= 4 is 28.2 Å². The number of carbonyl (C=O) groups excluding carboxylic acids is 2. The van der Waals surface area contributed by atoms with E-state index in [2.05, 4.69) is 4.98 Å². The maximum Gasteiger partial charge on any atom is 0.264 e. The minimum atomic E-state index is -1.04. The van der Waals surface area contributed by atoms with Gasteiger partial charge in [-0.15, -0.1) is 0 Å². The van der Waals surface area contributed by atoms with E-state index in [1.165, 1.54) is 4.57 Å². The zero-order valence-electron chi connectivity index (χ0n) is 12.5. The van der Waals surface area contributed by atoms with Crippen molar-refractivity contribution in [1.29, 1.82) is 0 Å². The molecule has 0 bridgehead atoms. The van der Waals surface area contributed by atoms with E-state index in [9.17, 15) is 14.4 Å².